The molecule has 4 heteroatoms. The van der Waals surface area contributed by atoms with Gasteiger partial charge in [-0.15, -0.1) is 0 Å². The van der Waals surface area contributed by atoms with E-state index in [9.17, 15) is 0 Å². The fourth-order valence-corrected chi connectivity index (χ4v) is 16.6. The third kappa shape index (κ3) is 5.94. The smallest absolute Gasteiger partial charge is 0.179 e. The normalized spacial score (nSPS) is 12.0. The number of nitrogens with zero attached hydrogens (tertiary/aromatic N) is 3. The Morgan fingerprint density at radius 3 is 1.31 bits per heavy atom. The van der Waals surface area contributed by atoms with E-state index in [1.165, 1.54) is 97.3 Å². The summed E-state index contributed by atoms with van der Waals surface area (Å²) in [5.74, 6) is 0. The molecular formula is C66H45N3Si. The van der Waals surface area contributed by atoms with Gasteiger partial charge in [-0.05, 0) is 87.0 Å². The molecule has 0 radical (unpaired) electrons. The van der Waals surface area contributed by atoms with Crippen LogP contribution >= 0.6 is 0 Å². The second kappa shape index (κ2) is 16.1. The molecule has 70 heavy (non-hydrogen) atoms. The maximum atomic E-state index is 2.54. The maximum Gasteiger partial charge on any atom is 0.179 e. The highest BCUT2D eigenvalue weighted by Crippen LogP contribution is 2.44. The van der Waals surface area contributed by atoms with Gasteiger partial charge in [-0.2, -0.15) is 0 Å². The maximum absolute atomic E-state index is 2.70. The zero-order valence-corrected chi connectivity index (χ0v) is 39.3. The molecule has 0 unspecified atom stereocenters. The van der Waals surface area contributed by atoms with E-state index < -0.39 is 8.07 Å². The summed E-state index contributed by atoms with van der Waals surface area (Å²) in [5, 5.41) is 12.9. The van der Waals surface area contributed by atoms with Gasteiger partial charge in [0, 0.05) is 49.3 Å². The number of benzene rings is 11. The summed E-state index contributed by atoms with van der Waals surface area (Å²) in [4.78, 5) is 0. The zero-order valence-electron chi connectivity index (χ0n) is 38.3. The number of hydrogen-bond donors (Lipinski definition) is 0. The Bertz CT molecular complexity index is 4170. The van der Waals surface area contributed by atoms with E-state index in [0.717, 1.165) is 17.1 Å². The summed E-state index contributed by atoms with van der Waals surface area (Å²) in [7, 11) is -2.70. The monoisotopic (exact) mass is 907 g/mol. The number of para-hydroxylation sites is 5. The molecule has 0 N–H and O–H groups in total. The summed E-state index contributed by atoms with van der Waals surface area (Å²) < 4.78 is 7.43. The van der Waals surface area contributed by atoms with Gasteiger partial charge in [0.05, 0.1) is 38.8 Å². The standard InChI is InChI=1S/C66H45N3Si/c1-5-21-47(22-6-1)68-59-34-16-13-29-54(59)56-44-39-46(45-64(56)68)53-32-19-33-57-55-30-14-17-35-60(55)69(66(53)57)63-38-20-37-62-65(63)58-31-15-18-36-61(58)67(62)48-40-42-52(43-41-48)70(49-23-7-2-8-24-49,50-25-9-3-10-26-50)51-27-11-4-12-28-51/h1-45H. The number of hydrogen-bond acceptors (Lipinski definition) is 0. The van der Waals surface area contributed by atoms with Crippen molar-refractivity contribution >= 4 is 94.2 Å². The van der Waals surface area contributed by atoms with Crippen LogP contribution in [0.4, 0.5) is 0 Å². The van der Waals surface area contributed by atoms with Crippen LogP contribution in [0.1, 0.15) is 0 Å². The first-order chi connectivity index (χ1) is 34.8. The van der Waals surface area contributed by atoms with Crippen LogP contribution in [0.15, 0.2) is 273 Å². The quantitative estimate of drug-likeness (QED) is 0.107. The molecule has 0 saturated heterocycles. The molecule has 0 amide bonds. The third-order valence-corrected chi connectivity index (χ3v) is 19.6. The van der Waals surface area contributed by atoms with E-state index in [-0.39, 0.29) is 0 Å². The summed E-state index contributed by atoms with van der Waals surface area (Å²) in [5.41, 5.74) is 12.9. The van der Waals surface area contributed by atoms with Crippen LogP contribution in [0.25, 0.3) is 93.6 Å². The Hall–Kier alpha value is -8.96. The molecule has 0 atom stereocenters. The Labute approximate surface area is 407 Å². The molecule has 0 aliphatic carbocycles. The van der Waals surface area contributed by atoms with Crippen molar-refractivity contribution < 1.29 is 0 Å². The minimum atomic E-state index is -2.70. The molecule has 0 fully saturated rings. The average molecular weight is 908 g/mol. The van der Waals surface area contributed by atoms with Crippen molar-refractivity contribution in [2.45, 2.75) is 0 Å². The molecule has 3 nitrogen and oxygen atoms in total. The van der Waals surface area contributed by atoms with Gasteiger partial charge in [-0.1, -0.05) is 212 Å². The molecule has 0 bridgehead atoms. The van der Waals surface area contributed by atoms with Crippen molar-refractivity contribution in [2.24, 2.45) is 0 Å². The van der Waals surface area contributed by atoms with Crippen LogP contribution in [0.5, 0.6) is 0 Å². The second-order valence-corrected chi connectivity index (χ2v) is 22.2. The Morgan fingerprint density at radius 2 is 0.686 bits per heavy atom. The topological polar surface area (TPSA) is 14.8 Å². The fourth-order valence-electron chi connectivity index (χ4n) is 11.9. The van der Waals surface area contributed by atoms with E-state index in [1.807, 2.05) is 0 Å². The highest BCUT2D eigenvalue weighted by Gasteiger charge is 2.41. The zero-order chi connectivity index (χ0) is 46.2. The van der Waals surface area contributed by atoms with Crippen molar-refractivity contribution in [3.8, 4) is 28.2 Å². The molecule has 0 spiro atoms. The molecule has 14 rings (SSSR count). The second-order valence-electron chi connectivity index (χ2n) is 18.4. The predicted octanol–water partition coefficient (Wildman–Crippen LogP) is 14.0. The van der Waals surface area contributed by atoms with Crippen LogP contribution in [-0.4, -0.2) is 21.8 Å². The lowest BCUT2D eigenvalue weighted by molar-refractivity contribution is 1.17. The predicted molar refractivity (Wildman–Crippen MR) is 299 cm³/mol. The average Bonchev–Trinajstić information content (AvgIpc) is 4.08. The fraction of sp³-hybridized carbons (Fsp3) is 0. The molecule has 3 heterocycles. The summed E-state index contributed by atoms with van der Waals surface area (Å²) >= 11 is 0. The molecule has 14 aromatic rings. The van der Waals surface area contributed by atoms with E-state index in [4.69, 9.17) is 0 Å². The lowest BCUT2D eigenvalue weighted by atomic mass is 10.00. The number of aromatic nitrogens is 3. The molecule has 328 valence electrons. The first kappa shape index (κ1) is 40.1. The van der Waals surface area contributed by atoms with Gasteiger partial charge in [-0.3, -0.25) is 0 Å². The van der Waals surface area contributed by atoms with Crippen LogP contribution < -0.4 is 20.7 Å². The summed E-state index contributed by atoms with van der Waals surface area (Å²) in [6.07, 6.45) is 0. The van der Waals surface area contributed by atoms with Crippen molar-refractivity contribution in [2.75, 3.05) is 0 Å². The van der Waals surface area contributed by atoms with Gasteiger partial charge in [0.2, 0.25) is 0 Å². The summed E-state index contributed by atoms with van der Waals surface area (Å²) in [6.45, 7) is 0. The summed E-state index contributed by atoms with van der Waals surface area (Å²) in [6, 6.07) is 101. The van der Waals surface area contributed by atoms with E-state index >= 15 is 0 Å². The van der Waals surface area contributed by atoms with Gasteiger partial charge in [0.25, 0.3) is 0 Å². The first-order valence-corrected chi connectivity index (χ1v) is 26.2. The third-order valence-electron chi connectivity index (χ3n) is 14.8. The highest BCUT2D eigenvalue weighted by atomic mass is 28.3. The molecule has 3 aromatic heterocycles. The minimum absolute atomic E-state index is 1.13. The molecule has 11 aromatic carbocycles. The highest BCUT2D eigenvalue weighted by molar-refractivity contribution is 7.19. The van der Waals surface area contributed by atoms with Crippen molar-refractivity contribution in [3.63, 3.8) is 0 Å². The Morgan fingerprint density at radius 1 is 0.257 bits per heavy atom. The molecule has 0 aliphatic rings. The van der Waals surface area contributed by atoms with E-state index in [0.29, 0.717) is 0 Å². The molecule has 0 saturated carbocycles. The van der Waals surface area contributed by atoms with Crippen LogP contribution in [-0.2, 0) is 0 Å². The molecule has 0 aliphatic heterocycles. The van der Waals surface area contributed by atoms with Gasteiger partial charge >= 0.3 is 0 Å². The van der Waals surface area contributed by atoms with Crippen LogP contribution in [0.2, 0.25) is 0 Å². The number of rotatable bonds is 8. The van der Waals surface area contributed by atoms with Crippen molar-refractivity contribution in [3.05, 3.63) is 273 Å². The number of fused-ring (bicyclic) bond motifs is 9. The lowest BCUT2D eigenvalue weighted by Gasteiger charge is -2.34. The van der Waals surface area contributed by atoms with Gasteiger partial charge < -0.3 is 13.7 Å². The first-order valence-electron chi connectivity index (χ1n) is 24.2. The lowest BCUT2D eigenvalue weighted by Crippen LogP contribution is -2.74. The molecular weight excluding hydrogens is 863 g/mol. The van der Waals surface area contributed by atoms with Gasteiger partial charge in [0.15, 0.2) is 8.07 Å². The Balaban J connectivity index is 0.995. The van der Waals surface area contributed by atoms with Crippen molar-refractivity contribution in [1.82, 2.24) is 13.7 Å². The van der Waals surface area contributed by atoms with Crippen molar-refractivity contribution in [1.29, 1.82) is 0 Å². The van der Waals surface area contributed by atoms with Crippen LogP contribution in [0, 0.1) is 0 Å². The van der Waals surface area contributed by atoms with Gasteiger partial charge in [0.1, 0.15) is 0 Å². The van der Waals surface area contributed by atoms with E-state index in [2.05, 4.69) is 287 Å². The van der Waals surface area contributed by atoms with Crippen LogP contribution in [0.3, 0.4) is 0 Å². The minimum Gasteiger partial charge on any atom is -0.309 e. The van der Waals surface area contributed by atoms with Gasteiger partial charge in [-0.25, -0.2) is 0 Å². The SMILES string of the molecule is c1ccc(-n2c3ccccc3c3ccc(-c4cccc5c6ccccc6n(-c6cccc7c6c6ccccc6n7-c6ccc([Si](c7ccccc7)(c7ccccc7)c7ccccc7)cc6)c45)cc32)cc1. The Kier molecular flexibility index (Phi) is 9.23. The van der Waals surface area contributed by atoms with E-state index in [1.54, 1.807) is 0 Å². The largest absolute Gasteiger partial charge is 0.309 e.